The van der Waals surface area contributed by atoms with Crippen LogP contribution in [0.15, 0.2) is 22.7 Å². The van der Waals surface area contributed by atoms with Gasteiger partial charge in [0.05, 0.1) is 16.8 Å². The number of ether oxygens (including phenoxy) is 1. The number of benzene rings is 1. The van der Waals surface area contributed by atoms with Crippen molar-refractivity contribution in [2.24, 2.45) is 5.14 Å². The summed E-state index contributed by atoms with van der Waals surface area (Å²) in [5.74, 6) is 0.0697. The fourth-order valence-electron chi connectivity index (χ4n) is 1.35. The number of primary sulfonamides is 1. The standard InChI is InChI=1S/C11H15BrFNO3S/c12-10-5-4-9(13)8-11(10)17-6-2-1-3-7-18(14,15)16/h4-5,8H,1-3,6-7H2,(H2,14,15,16). The number of hydrogen-bond acceptors (Lipinski definition) is 3. The molecule has 0 saturated carbocycles. The van der Waals surface area contributed by atoms with Crippen molar-refractivity contribution in [2.45, 2.75) is 19.3 Å². The lowest BCUT2D eigenvalue weighted by Gasteiger charge is -2.07. The molecule has 0 aromatic heterocycles. The van der Waals surface area contributed by atoms with Crippen molar-refractivity contribution in [1.82, 2.24) is 0 Å². The van der Waals surface area contributed by atoms with Crippen LogP contribution in [0.5, 0.6) is 5.75 Å². The van der Waals surface area contributed by atoms with Gasteiger partial charge in [-0.1, -0.05) is 0 Å². The molecule has 7 heteroatoms. The molecule has 0 spiro atoms. The maximum Gasteiger partial charge on any atom is 0.209 e. The molecule has 18 heavy (non-hydrogen) atoms. The van der Waals surface area contributed by atoms with Gasteiger partial charge in [-0.05, 0) is 47.3 Å². The van der Waals surface area contributed by atoms with Crippen LogP contribution in [0.25, 0.3) is 0 Å². The van der Waals surface area contributed by atoms with Gasteiger partial charge in [-0.3, -0.25) is 0 Å². The first-order valence-corrected chi connectivity index (χ1v) is 7.97. The second-order valence-electron chi connectivity index (χ2n) is 3.85. The minimum absolute atomic E-state index is 0.0172. The van der Waals surface area contributed by atoms with Gasteiger partial charge in [-0.2, -0.15) is 0 Å². The van der Waals surface area contributed by atoms with E-state index in [1.54, 1.807) is 6.07 Å². The van der Waals surface area contributed by atoms with E-state index in [1.165, 1.54) is 12.1 Å². The van der Waals surface area contributed by atoms with Crippen LogP contribution in [0, 0.1) is 5.82 Å². The highest BCUT2D eigenvalue weighted by molar-refractivity contribution is 9.10. The number of halogens is 2. The Bertz CT molecular complexity index is 493. The minimum atomic E-state index is -3.37. The number of hydrogen-bond donors (Lipinski definition) is 1. The van der Waals surface area contributed by atoms with Crippen LogP contribution in [-0.4, -0.2) is 20.8 Å². The Labute approximate surface area is 115 Å². The van der Waals surface area contributed by atoms with Crippen molar-refractivity contribution in [2.75, 3.05) is 12.4 Å². The Kier molecular flexibility index (Phi) is 6.04. The second-order valence-corrected chi connectivity index (χ2v) is 6.44. The third-order valence-electron chi connectivity index (χ3n) is 2.22. The summed E-state index contributed by atoms with van der Waals surface area (Å²) >= 11 is 3.25. The van der Waals surface area contributed by atoms with Gasteiger partial charge in [0.2, 0.25) is 10.0 Å². The summed E-state index contributed by atoms with van der Waals surface area (Å²) in [6, 6.07) is 4.21. The SMILES string of the molecule is NS(=O)(=O)CCCCCOc1cc(F)ccc1Br. The van der Waals surface area contributed by atoms with E-state index in [9.17, 15) is 12.8 Å². The Morgan fingerprint density at radius 3 is 2.67 bits per heavy atom. The molecule has 1 rings (SSSR count). The van der Waals surface area contributed by atoms with Gasteiger partial charge >= 0.3 is 0 Å². The molecule has 4 nitrogen and oxygen atoms in total. The first kappa shape index (κ1) is 15.4. The van der Waals surface area contributed by atoms with Crippen LogP contribution in [0.4, 0.5) is 4.39 Å². The van der Waals surface area contributed by atoms with Crippen molar-refractivity contribution in [3.63, 3.8) is 0 Å². The molecule has 2 N–H and O–H groups in total. The predicted octanol–water partition coefficient (Wildman–Crippen LogP) is 2.43. The fourth-order valence-corrected chi connectivity index (χ4v) is 2.32. The maximum atomic E-state index is 12.9. The molecule has 0 saturated heterocycles. The normalized spacial score (nSPS) is 11.5. The van der Waals surface area contributed by atoms with Crippen molar-refractivity contribution in [3.8, 4) is 5.75 Å². The topological polar surface area (TPSA) is 69.4 Å². The summed E-state index contributed by atoms with van der Waals surface area (Å²) in [5.41, 5.74) is 0. The van der Waals surface area contributed by atoms with E-state index in [2.05, 4.69) is 15.9 Å². The fraction of sp³-hybridized carbons (Fsp3) is 0.455. The van der Waals surface area contributed by atoms with E-state index < -0.39 is 10.0 Å². The lowest BCUT2D eigenvalue weighted by atomic mass is 10.2. The van der Waals surface area contributed by atoms with Gasteiger partial charge in [0.1, 0.15) is 11.6 Å². The molecule has 0 aliphatic rings. The molecular formula is C11H15BrFNO3S. The van der Waals surface area contributed by atoms with Crippen LogP contribution in [0.3, 0.4) is 0 Å². The van der Waals surface area contributed by atoms with Crippen LogP contribution >= 0.6 is 15.9 Å². The molecular weight excluding hydrogens is 325 g/mol. The van der Waals surface area contributed by atoms with Crippen LogP contribution < -0.4 is 9.88 Å². The van der Waals surface area contributed by atoms with Crippen molar-refractivity contribution < 1.29 is 17.5 Å². The third-order valence-corrected chi connectivity index (χ3v) is 3.74. The molecule has 0 aliphatic heterocycles. The molecule has 0 amide bonds. The zero-order valence-corrected chi connectivity index (χ0v) is 12.1. The number of rotatable bonds is 7. The maximum absolute atomic E-state index is 12.9. The first-order valence-electron chi connectivity index (χ1n) is 5.47. The predicted molar refractivity (Wildman–Crippen MR) is 71.4 cm³/mol. The van der Waals surface area contributed by atoms with Gasteiger partial charge in [0.25, 0.3) is 0 Å². The number of sulfonamides is 1. The van der Waals surface area contributed by atoms with Crippen molar-refractivity contribution in [3.05, 3.63) is 28.5 Å². The van der Waals surface area contributed by atoms with E-state index in [1.807, 2.05) is 0 Å². The van der Waals surface area contributed by atoms with E-state index in [0.29, 0.717) is 36.1 Å². The van der Waals surface area contributed by atoms with Crippen LogP contribution in [0.2, 0.25) is 0 Å². The third kappa shape index (κ3) is 6.32. The summed E-state index contributed by atoms with van der Waals surface area (Å²) in [6.07, 6.45) is 1.90. The first-order chi connectivity index (χ1) is 8.38. The number of nitrogens with two attached hydrogens (primary N) is 1. The molecule has 0 atom stereocenters. The Morgan fingerprint density at radius 1 is 1.28 bits per heavy atom. The molecule has 1 aromatic carbocycles. The van der Waals surface area contributed by atoms with E-state index in [0.717, 1.165) is 0 Å². The molecule has 0 aliphatic carbocycles. The zero-order valence-electron chi connectivity index (χ0n) is 9.73. The van der Waals surface area contributed by atoms with Gasteiger partial charge in [0, 0.05) is 6.07 Å². The molecule has 0 radical (unpaired) electrons. The molecule has 0 unspecified atom stereocenters. The summed E-state index contributed by atoms with van der Waals surface area (Å²) in [6.45, 7) is 0.409. The largest absolute Gasteiger partial charge is 0.492 e. The minimum Gasteiger partial charge on any atom is -0.492 e. The smallest absolute Gasteiger partial charge is 0.209 e. The molecule has 0 bridgehead atoms. The quantitative estimate of drug-likeness (QED) is 0.775. The Hall–Kier alpha value is -0.660. The Balaban J connectivity index is 2.24. The molecule has 0 fully saturated rings. The monoisotopic (exact) mass is 339 g/mol. The lowest BCUT2D eigenvalue weighted by molar-refractivity contribution is 0.303. The highest BCUT2D eigenvalue weighted by Gasteiger charge is 2.04. The Morgan fingerprint density at radius 2 is 2.00 bits per heavy atom. The molecule has 102 valence electrons. The highest BCUT2D eigenvalue weighted by atomic mass is 79.9. The van der Waals surface area contributed by atoms with Crippen LogP contribution in [-0.2, 0) is 10.0 Å². The lowest BCUT2D eigenvalue weighted by Crippen LogP contribution is -2.16. The van der Waals surface area contributed by atoms with Crippen molar-refractivity contribution in [1.29, 1.82) is 0 Å². The van der Waals surface area contributed by atoms with Gasteiger partial charge in [-0.25, -0.2) is 17.9 Å². The summed E-state index contributed by atoms with van der Waals surface area (Å²) < 4.78 is 40.3. The summed E-state index contributed by atoms with van der Waals surface area (Å²) in [4.78, 5) is 0. The van der Waals surface area contributed by atoms with Crippen molar-refractivity contribution >= 4 is 26.0 Å². The van der Waals surface area contributed by atoms with E-state index in [4.69, 9.17) is 9.88 Å². The summed E-state index contributed by atoms with van der Waals surface area (Å²) in [7, 11) is -3.37. The van der Waals surface area contributed by atoms with E-state index in [-0.39, 0.29) is 11.6 Å². The van der Waals surface area contributed by atoms with Gasteiger partial charge in [-0.15, -0.1) is 0 Å². The van der Waals surface area contributed by atoms with Gasteiger partial charge in [0.15, 0.2) is 0 Å². The molecule has 1 aromatic rings. The highest BCUT2D eigenvalue weighted by Crippen LogP contribution is 2.25. The van der Waals surface area contributed by atoms with Crippen LogP contribution in [0.1, 0.15) is 19.3 Å². The average molecular weight is 340 g/mol. The van der Waals surface area contributed by atoms with E-state index >= 15 is 0 Å². The zero-order chi connectivity index (χ0) is 13.6. The molecule has 0 heterocycles. The summed E-state index contributed by atoms with van der Waals surface area (Å²) in [5, 5.41) is 4.87. The number of unbranched alkanes of at least 4 members (excludes halogenated alkanes) is 2. The average Bonchev–Trinajstić information content (AvgIpc) is 2.26. The second kappa shape index (κ2) is 7.06. The van der Waals surface area contributed by atoms with Gasteiger partial charge < -0.3 is 4.74 Å².